The van der Waals surface area contributed by atoms with Gasteiger partial charge in [0.25, 0.3) is 0 Å². The quantitative estimate of drug-likeness (QED) is 0.389. The molecule has 0 spiro atoms. The summed E-state index contributed by atoms with van der Waals surface area (Å²) in [4.78, 5) is 10.9. The number of imidazole rings is 1. The number of halogens is 1. The van der Waals surface area contributed by atoms with Crippen LogP contribution in [0.15, 0.2) is 47.8 Å². The molecule has 1 aliphatic carbocycles. The Kier molecular flexibility index (Phi) is 6.40. The maximum absolute atomic E-state index is 14.8. The smallest absolute Gasteiger partial charge is 0.197 e. The molecule has 1 heterocycles. The second kappa shape index (κ2) is 9.25. The molecule has 0 saturated heterocycles. The van der Waals surface area contributed by atoms with E-state index in [4.69, 9.17) is 10.5 Å². The minimum absolute atomic E-state index is 0.348. The first-order valence-corrected chi connectivity index (χ1v) is 11.4. The number of aromatic nitrogens is 2. The third-order valence-corrected chi connectivity index (χ3v) is 6.10. The molecule has 0 atom stereocenters. The Labute approximate surface area is 194 Å². The van der Waals surface area contributed by atoms with E-state index in [1.165, 1.54) is 17.2 Å². The molecule has 0 radical (unpaired) electrons. The van der Waals surface area contributed by atoms with Crippen LogP contribution < -0.4 is 10.5 Å². The monoisotopic (exact) mass is 449 g/mol. The lowest BCUT2D eigenvalue weighted by Crippen LogP contribution is -2.38. The van der Waals surface area contributed by atoms with E-state index in [0.29, 0.717) is 35.8 Å². The van der Waals surface area contributed by atoms with Crippen molar-refractivity contribution in [2.45, 2.75) is 59.0 Å². The number of nitrogens with zero attached hydrogens (tertiary/aromatic N) is 4. The number of aryl methyl sites for hydroxylation is 2. The summed E-state index contributed by atoms with van der Waals surface area (Å²) in [6.07, 6.45) is 5.54. The van der Waals surface area contributed by atoms with Crippen LogP contribution in [-0.2, 0) is 6.54 Å². The Hall–Kier alpha value is -3.35. The van der Waals surface area contributed by atoms with Gasteiger partial charge in [-0.2, -0.15) is 0 Å². The highest BCUT2D eigenvalue weighted by Gasteiger charge is 2.31. The van der Waals surface area contributed by atoms with Gasteiger partial charge in [0, 0.05) is 24.8 Å². The van der Waals surface area contributed by atoms with Gasteiger partial charge < -0.3 is 19.9 Å². The van der Waals surface area contributed by atoms with E-state index in [-0.39, 0.29) is 5.82 Å². The number of methoxy groups -OCH3 is 1. The van der Waals surface area contributed by atoms with Crippen molar-refractivity contribution < 1.29 is 9.13 Å². The van der Waals surface area contributed by atoms with Gasteiger partial charge in [-0.15, -0.1) is 0 Å². The van der Waals surface area contributed by atoms with Crippen molar-refractivity contribution in [2.75, 3.05) is 7.11 Å². The van der Waals surface area contributed by atoms with Crippen molar-refractivity contribution in [3.05, 3.63) is 71.1 Å². The first-order valence-electron chi connectivity index (χ1n) is 11.4. The highest BCUT2D eigenvalue weighted by molar-refractivity contribution is 5.82. The predicted molar refractivity (Wildman–Crippen MR) is 130 cm³/mol. The van der Waals surface area contributed by atoms with Crippen LogP contribution in [-0.4, -0.2) is 33.6 Å². The van der Waals surface area contributed by atoms with Gasteiger partial charge >= 0.3 is 0 Å². The summed E-state index contributed by atoms with van der Waals surface area (Å²) in [5, 5.41) is 0. The van der Waals surface area contributed by atoms with Crippen molar-refractivity contribution in [2.24, 2.45) is 10.7 Å². The molecule has 4 rings (SSSR count). The van der Waals surface area contributed by atoms with Crippen LogP contribution in [0.5, 0.6) is 5.75 Å². The summed E-state index contributed by atoms with van der Waals surface area (Å²) in [5.74, 6) is 1.30. The van der Waals surface area contributed by atoms with E-state index in [1.54, 1.807) is 36.3 Å². The lowest BCUT2D eigenvalue weighted by atomic mass is 9.96. The van der Waals surface area contributed by atoms with E-state index in [2.05, 4.69) is 47.8 Å². The van der Waals surface area contributed by atoms with Crippen LogP contribution in [0.2, 0.25) is 0 Å². The molecule has 7 heteroatoms. The van der Waals surface area contributed by atoms with Crippen LogP contribution in [0.25, 0.3) is 5.69 Å². The molecule has 2 aromatic carbocycles. The highest BCUT2D eigenvalue weighted by Crippen LogP contribution is 2.33. The van der Waals surface area contributed by atoms with Crippen molar-refractivity contribution in [3.63, 3.8) is 0 Å². The van der Waals surface area contributed by atoms with E-state index in [1.807, 2.05) is 6.92 Å². The SMILES string of the molecule is COc1cc(C)c(CN(C(N)=Nc2ccc(-n3cnc(C)c3)c(F)c2)C2CC2)cc1C(C)C. The summed E-state index contributed by atoms with van der Waals surface area (Å²) in [5.41, 5.74) is 11.7. The number of aliphatic imine (C=N–C) groups is 1. The molecular formula is C26H32FN5O. The molecule has 1 aromatic heterocycles. The lowest BCUT2D eigenvalue weighted by molar-refractivity contribution is 0.393. The van der Waals surface area contributed by atoms with Crippen LogP contribution in [0.3, 0.4) is 0 Å². The molecule has 0 aliphatic heterocycles. The van der Waals surface area contributed by atoms with Crippen molar-refractivity contribution in [1.29, 1.82) is 0 Å². The summed E-state index contributed by atoms with van der Waals surface area (Å²) in [7, 11) is 1.71. The maximum Gasteiger partial charge on any atom is 0.197 e. The second-order valence-corrected chi connectivity index (χ2v) is 9.06. The Morgan fingerprint density at radius 3 is 2.61 bits per heavy atom. The molecule has 174 valence electrons. The van der Waals surface area contributed by atoms with Gasteiger partial charge in [0.2, 0.25) is 0 Å². The van der Waals surface area contributed by atoms with Crippen LogP contribution >= 0.6 is 0 Å². The zero-order chi connectivity index (χ0) is 23.7. The zero-order valence-electron chi connectivity index (χ0n) is 20.0. The number of hydrogen-bond donors (Lipinski definition) is 1. The number of rotatable bonds is 7. The van der Waals surface area contributed by atoms with E-state index in [9.17, 15) is 4.39 Å². The molecule has 0 amide bonds. The second-order valence-electron chi connectivity index (χ2n) is 9.06. The molecule has 0 bridgehead atoms. The van der Waals surface area contributed by atoms with Crippen LogP contribution in [0, 0.1) is 19.7 Å². The van der Waals surface area contributed by atoms with E-state index in [0.717, 1.165) is 29.8 Å². The number of nitrogens with two attached hydrogens (primary N) is 1. The predicted octanol–water partition coefficient (Wildman–Crippen LogP) is 5.37. The third-order valence-electron chi connectivity index (χ3n) is 6.10. The summed E-state index contributed by atoms with van der Waals surface area (Å²) in [6.45, 7) is 8.94. The normalized spacial score (nSPS) is 14.1. The average molecular weight is 450 g/mol. The van der Waals surface area contributed by atoms with Crippen molar-refractivity contribution >= 4 is 11.6 Å². The fourth-order valence-corrected chi connectivity index (χ4v) is 4.03. The van der Waals surface area contributed by atoms with E-state index >= 15 is 0 Å². The van der Waals surface area contributed by atoms with Gasteiger partial charge in [-0.1, -0.05) is 13.8 Å². The summed E-state index contributed by atoms with van der Waals surface area (Å²) < 4.78 is 22.0. The topological polar surface area (TPSA) is 68.7 Å². The molecular weight excluding hydrogens is 417 g/mol. The van der Waals surface area contributed by atoms with Crippen molar-refractivity contribution in [1.82, 2.24) is 14.5 Å². The Morgan fingerprint density at radius 2 is 2.03 bits per heavy atom. The summed E-state index contributed by atoms with van der Waals surface area (Å²) >= 11 is 0. The molecule has 1 saturated carbocycles. The molecule has 33 heavy (non-hydrogen) atoms. The minimum Gasteiger partial charge on any atom is -0.496 e. The van der Waals surface area contributed by atoms with Gasteiger partial charge in [0.15, 0.2) is 5.96 Å². The van der Waals surface area contributed by atoms with Crippen LogP contribution in [0.4, 0.5) is 10.1 Å². The number of benzene rings is 2. The van der Waals surface area contributed by atoms with E-state index < -0.39 is 0 Å². The standard InChI is InChI=1S/C26H32FN5O/c1-16(2)22-11-19(17(3)10-25(22)33-5)14-32(21-7-8-21)26(28)30-20-6-9-24(23(27)12-20)31-13-18(4)29-15-31/h6,9-13,15-16,21H,7-8,14H2,1-5H3,(H2,28,30). The van der Waals surface area contributed by atoms with Gasteiger partial charge in [0.05, 0.1) is 30.5 Å². The summed E-state index contributed by atoms with van der Waals surface area (Å²) in [6, 6.07) is 9.56. The Bertz CT molecular complexity index is 1180. The van der Waals surface area contributed by atoms with Crippen LogP contribution in [0.1, 0.15) is 55.0 Å². The van der Waals surface area contributed by atoms with Gasteiger partial charge in [-0.05, 0) is 73.6 Å². The first kappa shape index (κ1) is 22.8. The molecule has 1 fully saturated rings. The third kappa shape index (κ3) is 5.02. The highest BCUT2D eigenvalue weighted by atomic mass is 19.1. The molecule has 1 aliphatic rings. The Balaban J connectivity index is 1.60. The molecule has 6 nitrogen and oxygen atoms in total. The largest absolute Gasteiger partial charge is 0.496 e. The van der Waals surface area contributed by atoms with Gasteiger partial charge in [-0.25, -0.2) is 14.4 Å². The lowest BCUT2D eigenvalue weighted by Gasteiger charge is -2.25. The number of hydrogen-bond acceptors (Lipinski definition) is 3. The first-order chi connectivity index (χ1) is 15.8. The maximum atomic E-state index is 14.8. The van der Waals surface area contributed by atoms with Gasteiger partial charge in [0.1, 0.15) is 11.6 Å². The fraction of sp³-hybridized carbons (Fsp3) is 0.385. The zero-order valence-corrected chi connectivity index (χ0v) is 20.0. The fourth-order valence-electron chi connectivity index (χ4n) is 4.03. The minimum atomic E-state index is -0.369. The molecule has 2 N–H and O–H groups in total. The Morgan fingerprint density at radius 1 is 1.27 bits per heavy atom. The molecule has 0 unspecified atom stereocenters. The van der Waals surface area contributed by atoms with Crippen molar-refractivity contribution in [3.8, 4) is 11.4 Å². The molecule has 3 aromatic rings. The van der Waals surface area contributed by atoms with Gasteiger partial charge in [-0.3, -0.25) is 0 Å². The number of guanidine groups is 1. The number of ether oxygens (including phenoxy) is 1. The average Bonchev–Trinajstić information content (AvgIpc) is 3.52.